The van der Waals surface area contributed by atoms with Crippen LogP contribution in [0.1, 0.15) is 28.9 Å². The normalized spacial score (nSPS) is 24.7. The summed E-state index contributed by atoms with van der Waals surface area (Å²) in [6.07, 6.45) is 2.64. The molecule has 0 spiro atoms. The molecule has 0 aliphatic carbocycles. The highest BCUT2D eigenvalue weighted by Gasteiger charge is 2.35. The van der Waals surface area contributed by atoms with Gasteiger partial charge in [-0.05, 0) is 37.3 Å². The van der Waals surface area contributed by atoms with Gasteiger partial charge >= 0.3 is 0 Å². The van der Waals surface area contributed by atoms with Crippen molar-refractivity contribution < 1.29 is 9.59 Å². The Morgan fingerprint density at radius 3 is 2.90 bits per heavy atom. The molecule has 0 radical (unpaired) electrons. The second kappa shape index (κ2) is 7.24. The lowest BCUT2D eigenvalue weighted by Crippen LogP contribution is -2.49. The van der Waals surface area contributed by atoms with E-state index in [2.05, 4.69) is 10.6 Å². The zero-order valence-electron chi connectivity index (χ0n) is 11.7. The van der Waals surface area contributed by atoms with Gasteiger partial charge < -0.3 is 15.5 Å². The smallest absolute Gasteiger partial charge is 0.264 e. The maximum absolute atomic E-state index is 12.4. The summed E-state index contributed by atoms with van der Waals surface area (Å²) in [5, 5.41) is 8.18. The van der Waals surface area contributed by atoms with Crippen LogP contribution in [0.25, 0.3) is 0 Å². The SMILES string of the molecule is Cl.O=C(NC1CCNC1)C1CCCN1C(=O)c1cccs1. The minimum Gasteiger partial charge on any atom is -0.350 e. The van der Waals surface area contributed by atoms with Gasteiger partial charge in [0.25, 0.3) is 5.91 Å². The van der Waals surface area contributed by atoms with Gasteiger partial charge in [-0.15, -0.1) is 23.7 Å². The molecule has 0 bridgehead atoms. The zero-order valence-corrected chi connectivity index (χ0v) is 13.3. The van der Waals surface area contributed by atoms with Gasteiger partial charge in [-0.3, -0.25) is 9.59 Å². The second-order valence-electron chi connectivity index (χ2n) is 5.33. The third-order valence-electron chi connectivity index (χ3n) is 3.95. The van der Waals surface area contributed by atoms with E-state index in [0.717, 1.165) is 32.4 Å². The van der Waals surface area contributed by atoms with Gasteiger partial charge in [0.2, 0.25) is 5.91 Å². The summed E-state index contributed by atoms with van der Waals surface area (Å²) >= 11 is 1.43. The maximum atomic E-state index is 12.4. The fourth-order valence-corrected chi connectivity index (χ4v) is 3.58. The van der Waals surface area contributed by atoms with E-state index in [1.165, 1.54) is 11.3 Å². The van der Waals surface area contributed by atoms with Crippen molar-refractivity contribution in [2.75, 3.05) is 19.6 Å². The highest BCUT2D eigenvalue weighted by molar-refractivity contribution is 7.12. The Kier molecular flexibility index (Phi) is 5.61. The largest absolute Gasteiger partial charge is 0.350 e. The molecule has 2 aliphatic rings. The number of hydrogen-bond donors (Lipinski definition) is 2. The first kappa shape index (κ1) is 16.3. The molecule has 2 atom stereocenters. The van der Waals surface area contributed by atoms with E-state index < -0.39 is 0 Å². The number of thiophene rings is 1. The van der Waals surface area contributed by atoms with Crippen LogP contribution in [0, 0.1) is 0 Å². The third kappa shape index (κ3) is 3.56. The predicted octanol–water partition coefficient (Wildman–Crippen LogP) is 1.25. The number of rotatable bonds is 3. The van der Waals surface area contributed by atoms with Crippen molar-refractivity contribution in [2.24, 2.45) is 0 Å². The van der Waals surface area contributed by atoms with Crippen LogP contribution < -0.4 is 10.6 Å². The summed E-state index contributed by atoms with van der Waals surface area (Å²) in [4.78, 5) is 27.2. The van der Waals surface area contributed by atoms with E-state index in [4.69, 9.17) is 0 Å². The van der Waals surface area contributed by atoms with E-state index >= 15 is 0 Å². The van der Waals surface area contributed by atoms with E-state index in [0.29, 0.717) is 11.4 Å². The van der Waals surface area contributed by atoms with Gasteiger partial charge in [-0.25, -0.2) is 0 Å². The summed E-state index contributed by atoms with van der Waals surface area (Å²) in [5.74, 6) is -0.0108. The van der Waals surface area contributed by atoms with E-state index in [1.807, 2.05) is 17.5 Å². The molecular formula is C14H20ClN3O2S. The molecule has 0 aromatic carbocycles. The van der Waals surface area contributed by atoms with Gasteiger partial charge in [0, 0.05) is 19.1 Å². The summed E-state index contributed by atoms with van der Waals surface area (Å²) in [6, 6.07) is 3.60. The van der Waals surface area contributed by atoms with Crippen LogP contribution in [0.4, 0.5) is 0 Å². The van der Waals surface area contributed by atoms with Crippen LogP contribution in [0.15, 0.2) is 17.5 Å². The number of carbonyl (C=O) groups is 2. The van der Waals surface area contributed by atoms with Gasteiger partial charge in [0.05, 0.1) is 4.88 Å². The van der Waals surface area contributed by atoms with Gasteiger partial charge in [0.15, 0.2) is 0 Å². The van der Waals surface area contributed by atoms with Crippen molar-refractivity contribution in [1.82, 2.24) is 15.5 Å². The quantitative estimate of drug-likeness (QED) is 0.877. The Bertz CT molecular complexity index is 488. The van der Waals surface area contributed by atoms with Crippen molar-refractivity contribution in [2.45, 2.75) is 31.3 Å². The third-order valence-corrected chi connectivity index (χ3v) is 4.81. The van der Waals surface area contributed by atoms with Crippen LogP contribution in [0.2, 0.25) is 0 Å². The van der Waals surface area contributed by atoms with Gasteiger partial charge in [-0.2, -0.15) is 0 Å². The summed E-state index contributed by atoms with van der Waals surface area (Å²) < 4.78 is 0. The molecule has 2 N–H and O–H groups in total. The fourth-order valence-electron chi connectivity index (χ4n) is 2.90. The minimum atomic E-state index is -0.301. The lowest BCUT2D eigenvalue weighted by atomic mass is 10.1. The Hall–Kier alpha value is -1.11. The van der Waals surface area contributed by atoms with E-state index in [-0.39, 0.29) is 36.3 Å². The lowest BCUT2D eigenvalue weighted by Gasteiger charge is -2.24. The molecule has 5 nitrogen and oxygen atoms in total. The van der Waals surface area contributed by atoms with Crippen LogP contribution in [0.5, 0.6) is 0 Å². The Morgan fingerprint density at radius 1 is 1.38 bits per heavy atom. The number of likely N-dealkylation sites (tertiary alicyclic amines) is 1. The molecule has 116 valence electrons. The first-order chi connectivity index (χ1) is 9.75. The van der Waals surface area contributed by atoms with Crippen LogP contribution >= 0.6 is 23.7 Å². The summed E-state index contributed by atoms with van der Waals surface area (Å²) in [5.41, 5.74) is 0. The molecule has 2 saturated heterocycles. The highest BCUT2D eigenvalue weighted by Crippen LogP contribution is 2.22. The van der Waals surface area contributed by atoms with Crippen molar-refractivity contribution in [3.05, 3.63) is 22.4 Å². The monoisotopic (exact) mass is 329 g/mol. The molecule has 1 aromatic rings. The van der Waals surface area contributed by atoms with Crippen LogP contribution in [-0.4, -0.2) is 48.4 Å². The van der Waals surface area contributed by atoms with Crippen molar-refractivity contribution in [1.29, 1.82) is 0 Å². The first-order valence-electron chi connectivity index (χ1n) is 7.11. The molecule has 2 fully saturated rings. The highest BCUT2D eigenvalue weighted by atomic mass is 35.5. The first-order valence-corrected chi connectivity index (χ1v) is 7.99. The summed E-state index contributed by atoms with van der Waals surface area (Å²) in [6.45, 7) is 2.46. The van der Waals surface area contributed by atoms with Crippen LogP contribution in [-0.2, 0) is 4.79 Å². The van der Waals surface area contributed by atoms with E-state index in [1.54, 1.807) is 4.90 Å². The number of carbonyl (C=O) groups excluding carboxylic acids is 2. The van der Waals surface area contributed by atoms with Crippen molar-refractivity contribution >= 4 is 35.6 Å². The van der Waals surface area contributed by atoms with Crippen molar-refractivity contribution in [3.8, 4) is 0 Å². The maximum Gasteiger partial charge on any atom is 0.264 e. The number of amides is 2. The molecule has 2 aliphatic heterocycles. The lowest BCUT2D eigenvalue weighted by molar-refractivity contribution is -0.125. The molecular weight excluding hydrogens is 310 g/mol. The van der Waals surface area contributed by atoms with E-state index in [9.17, 15) is 9.59 Å². The van der Waals surface area contributed by atoms with Gasteiger partial charge in [-0.1, -0.05) is 6.07 Å². The molecule has 2 unspecified atom stereocenters. The Morgan fingerprint density at radius 2 is 2.24 bits per heavy atom. The molecule has 0 saturated carbocycles. The fraction of sp³-hybridized carbons (Fsp3) is 0.571. The zero-order chi connectivity index (χ0) is 13.9. The standard InChI is InChI=1S/C14H19N3O2S.ClH/c18-13(16-10-5-6-15-9-10)11-3-1-7-17(11)14(19)12-4-2-8-20-12;/h2,4,8,10-11,15H,1,3,5-7,9H2,(H,16,18);1H. The molecule has 1 aromatic heterocycles. The second-order valence-corrected chi connectivity index (χ2v) is 6.28. The Labute approximate surface area is 134 Å². The molecule has 7 heteroatoms. The molecule has 21 heavy (non-hydrogen) atoms. The molecule has 3 rings (SSSR count). The average molecular weight is 330 g/mol. The number of hydrogen-bond acceptors (Lipinski definition) is 4. The molecule has 2 amide bonds. The predicted molar refractivity (Wildman–Crippen MR) is 85.0 cm³/mol. The average Bonchev–Trinajstić information content (AvgIpc) is 3.19. The van der Waals surface area contributed by atoms with Gasteiger partial charge in [0.1, 0.15) is 6.04 Å². The minimum absolute atomic E-state index is 0. The summed E-state index contributed by atoms with van der Waals surface area (Å²) in [7, 11) is 0. The topological polar surface area (TPSA) is 61.4 Å². The van der Waals surface area contributed by atoms with Crippen molar-refractivity contribution in [3.63, 3.8) is 0 Å². The Balaban J connectivity index is 0.00000161. The molecule has 3 heterocycles. The number of nitrogens with zero attached hydrogens (tertiary/aromatic N) is 1. The number of nitrogens with one attached hydrogen (secondary N) is 2. The van der Waals surface area contributed by atoms with Crippen LogP contribution in [0.3, 0.4) is 0 Å². The number of halogens is 1.